The Bertz CT molecular complexity index is 1130. The van der Waals surface area contributed by atoms with E-state index in [9.17, 15) is 9.59 Å². The van der Waals surface area contributed by atoms with Gasteiger partial charge in [0.2, 0.25) is 0 Å². The number of anilines is 2. The van der Waals surface area contributed by atoms with Crippen molar-refractivity contribution in [3.05, 3.63) is 88.9 Å². The molecule has 3 rings (SSSR count). The van der Waals surface area contributed by atoms with Crippen molar-refractivity contribution in [2.75, 3.05) is 10.6 Å². The van der Waals surface area contributed by atoms with Gasteiger partial charge in [-0.3, -0.25) is 9.59 Å². The number of amides is 2. The molecular weight excluding hydrogens is 436 g/mol. The van der Waals surface area contributed by atoms with Gasteiger partial charge in [0, 0.05) is 22.0 Å². The van der Waals surface area contributed by atoms with Gasteiger partial charge in [0.25, 0.3) is 11.8 Å². The molecule has 172 valence electrons. The second-order valence-electron chi connectivity index (χ2n) is 9.38. The van der Waals surface area contributed by atoms with Crippen LogP contribution in [0.2, 0.25) is 5.02 Å². The molecule has 0 aliphatic carbocycles. The lowest BCUT2D eigenvalue weighted by atomic mass is 9.87. The first-order valence-corrected chi connectivity index (χ1v) is 11.1. The number of carbonyl (C=O) groups is 2. The van der Waals surface area contributed by atoms with Crippen molar-refractivity contribution >= 4 is 34.8 Å². The highest BCUT2D eigenvalue weighted by molar-refractivity contribution is 6.30. The van der Waals surface area contributed by atoms with Gasteiger partial charge < -0.3 is 15.4 Å². The van der Waals surface area contributed by atoms with E-state index in [1.54, 1.807) is 62.4 Å². The predicted molar refractivity (Wildman–Crippen MR) is 134 cm³/mol. The lowest BCUT2D eigenvalue weighted by Crippen LogP contribution is -2.42. The maximum Gasteiger partial charge on any atom is 0.267 e. The van der Waals surface area contributed by atoms with E-state index in [4.69, 9.17) is 16.3 Å². The number of ether oxygens (including phenoxy) is 1. The van der Waals surface area contributed by atoms with Crippen LogP contribution in [0.15, 0.2) is 72.8 Å². The largest absolute Gasteiger partial charge is 0.478 e. The van der Waals surface area contributed by atoms with E-state index >= 15 is 0 Å². The van der Waals surface area contributed by atoms with Gasteiger partial charge in [-0.05, 0) is 79.4 Å². The Morgan fingerprint density at radius 1 is 0.788 bits per heavy atom. The van der Waals surface area contributed by atoms with E-state index in [1.807, 2.05) is 24.3 Å². The highest BCUT2D eigenvalue weighted by Crippen LogP contribution is 2.24. The number of benzene rings is 3. The highest BCUT2D eigenvalue weighted by atomic mass is 35.5. The molecule has 0 saturated heterocycles. The van der Waals surface area contributed by atoms with Crippen molar-refractivity contribution in [3.8, 4) is 5.75 Å². The normalized spacial score (nSPS) is 11.6. The molecule has 0 fully saturated rings. The van der Waals surface area contributed by atoms with Crippen molar-refractivity contribution in [2.24, 2.45) is 0 Å². The summed E-state index contributed by atoms with van der Waals surface area (Å²) >= 11 is 5.90. The van der Waals surface area contributed by atoms with Crippen molar-refractivity contribution in [1.82, 2.24) is 0 Å². The highest BCUT2D eigenvalue weighted by Gasteiger charge is 2.30. The summed E-state index contributed by atoms with van der Waals surface area (Å²) in [6.45, 7) is 9.75. The molecule has 3 aromatic rings. The predicted octanol–water partition coefficient (Wildman–Crippen LogP) is 6.69. The number of rotatable bonds is 6. The van der Waals surface area contributed by atoms with Gasteiger partial charge in [0.15, 0.2) is 5.60 Å². The second-order valence-corrected chi connectivity index (χ2v) is 9.82. The Hall–Kier alpha value is -3.31. The van der Waals surface area contributed by atoms with Gasteiger partial charge >= 0.3 is 0 Å². The van der Waals surface area contributed by atoms with Crippen LogP contribution in [0.1, 0.15) is 50.5 Å². The summed E-state index contributed by atoms with van der Waals surface area (Å²) in [7, 11) is 0. The molecule has 0 radical (unpaired) electrons. The molecule has 2 amide bonds. The van der Waals surface area contributed by atoms with Crippen molar-refractivity contribution < 1.29 is 14.3 Å². The van der Waals surface area contributed by atoms with Crippen molar-refractivity contribution in [2.45, 2.75) is 45.6 Å². The lowest BCUT2D eigenvalue weighted by molar-refractivity contribution is -0.128. The third kappa shape index (κ3) is 6.59. The molecule has 0 atom stereocenters. The van der Waals surface area contributed by atoms with Crippen LogP contribution >= 0.6 is 11.6 Å². The van der Waals surface area contributed by atoms with E-state index in [0.717, 1.165) is 5.56 Å². The number of hydrogen-bond acceptors (Lipinski definition) is 3. The van der Waals surface area contributed by atoms with Gasteiger partial charge in [-0.15, -0.1) is 0 Å². The van der Waals surface area contributed by atoms with Crippen LogP contribution in [0.4, 0.5) is 11.4 Å². The summed E-state index contributed by atoms with van der Waals surface area (Å²) in [5.41, 5.74) is 1.75. The summed E-state index contributed by atoms with van der Waals surface area (Å²) in [5, 5.41) is 6.32. The fourth-order valence-electron chi connectivity index (χ4n) is 3.12. The van der Waals surface area contributed by atoms with E-state index in [1.165, 1.54) is 0 Å². The third-order valence-corrected chi connectivity index (χ3v) is 5.38. The molecule has 3 aromatic carbocycles. The quantitative estimate of drug-likeness (QED) is 0.427. The standard InChI is InChI=1S/C27H29ClN2O3/c1-26(2,3)19-11-9-18(10-12-19)24(31)29-21-7-6-8-22(17-21)30-25(32)27(4,5)33-23-15-13-20(28)14-16-23/h6-17H,1-5H3,(H,29,31)(H,30,32). The molecule has 0 spiro atoms. The van der Waals surface area contributed by atoms with Gasteiger partial charge in [-0.2, -0.15) is 0 Å². The summed E-state index contributed by atoms with van der Waals surface area (Å²) in [6.07, 6.45) is 0. The molecular formula is C27H29ClN2O3. The van der Waals surface area contributed by atoms with Crippen LogP contribution in [-0.4, -0.2) is 17.4 Å². The van der Waals surface area contributed by atoms with Crippen LogP contribution in [0, 0.1) is 0 Å². The number of hydrogen-bond donors (Lipinski definition) is 2. The molecule has 5 nitrogen and oxygen atoms in total. The minimum Gasteiger partial charge on any atom is -0.478 e. The van der Waals surface area contributed by atoms with Crippen LogP contribution in [-0.2, 0) is 10.2 Å². The zero-order valence-corrected chi connectivity index (χ0v) is 20.3. The maximum atomic E-state index is 12.8. The first-order valence-electron chi connectivity index (χ1n) is 10.7. The number of carbonyl (C=O) groups excluding carboxylic acids is 2. The SMILES string of the molecule is CC(C)(Oc1ccc(Cl)cc1)C(=O)Nc1cccc(NC(=O)c2ccc(C(C)(C)C)cc2)c1. The maximum absolute atomic E-state index is 12.8. The average molecular weight is 465 g/mol. The Balaban J connectivity index is 1.65. The van der Waals surface area contributed by atoms with Crippen LogP contribution < -0.4 is 15.4 Å². The Kier molecular flexibility index (Phi) is 7.13. The minimum atomic E-state index is -1.12. The monoisotopic (exact) mass is 464 g/mol. The average Bonchev–Trinajstić information content (AvgIpc) is 2.75. The van der Waals surface area contributed by atoms with E-state index in [2.05, 4.69) is 31.4 Å². The molecule has 2 N–H and O–H groups in total. The lowest BCUT2D eigenvalue weighted by Gasteiger charge is -2.25. The zero-order valence-electron chi connectivity index (χ0n) is 19.5. The van der Waals surface area contributed by atoms with Gasteiger partial charge in [0.05, 0.1) is 0 Å². The second kappa shape index (κ2) is 9.67. The van der Waals surface area contributed by atoms with Crippen LogP contribution in [0.25, 0.3) is 0 Å². The number of halogens is 1. The molecule has 6 heteroatoms. The van der Waals surface area contributed by atoms with E-state index in [0.29, 0.717) is 27.7 Å². The molecule has 0 heterocycles. The van der Waals surface area contributed by atoms with Gasteiger partial charge in [-0.25, -0.2) is 0 Å². The molecule has 0 bridgehead atoms. The summed E-state index contributed by atoms with van der Waals surface area (Å²) < 4.78 is 5.84. The third-order valence-electron chi connectivity index (χ3n) is 5.12. The zero-order chi connectivity index (χ0) is 24.2. The number of nitrogens with one attached hydrogen (secondary N) is 2. The summed E-state index contributed by atoms with van der Waals surface area (Å²) in [4.78, 5) is 25.5. The molecule has 33 heavy (non-hydrogen) atoms. The molecule has 0 saturated carbocycles. The molecule has 0 unspecified atom stereocenters. The van der Waals surface area contributed by atoms with Crippen LogP contribution in [0.5, 0.6) is 5.75 Å². The fraction of sp³-hybridized carbons (Fsp3) is 0.259. The summed E-state index contributed by atoms with van der Waals surface area (Å²) in [5.74, 6) is 0.00192. The molecule has 0 aliphatic rings. The Morgan fingerprint density at radius 2 is 1.36 bits per heavy atom. The van der Waals surface area contributed by atoms with E-state index in [-0.39, 0.29) is 17.2 Å². The minimum absolute atomic E-state index is 0.0204. The fourth-order valence-corrected chi connectivity index (χ4v) is 3.25. The Labute approximate surface area is 200 Å². The van der Waals surface area contributed by atoms with E-state index < -0.39 is 5.60 Å². The Morgan fingerprint density at radius 3 is 1.94 bits per heavy atom. The topological polar surface area (TPSA) is 67.4 Å². The smallest absolute Gasteiger partial charge is 0.267 e. The molecule has 0 aromatic heterocycles. The summed E-state index contributed by atoms with van der Waals surface area (Å²) in [6, 6.07) is 21.4. The van der Waals surface area contributed by atoms with Crippen LogP contribution in [0.3, 0.4) is 0 Å². The van der Waals surface area contributed by atoms with Gasteiger partial charge in [-0.1, -0.05) is 50.6 Å². The first kappa shape index (κ1) is 24.3. The molecule has 0 aliphatic heterocycles. The first-order chi connectivity index (χ1) is 15.4. The van der Waals surface area contributed by atoms with Crippen molar-refractivity contribution in [3.63, 3.8) is 0 Å². The van der Waals surface area contributed by atoms with Gasteiger partial charge in [0.1, 0.15) is 5.75 Å². The van der Waals surface area contributed by atoms with Crippen molar-refractivity contribution in [1.29, 1.82) is 0 Å².